The van der Waals surface area contributed by atoms with Gasteiger partial charge in [0.05, 0.1) is 10.0 Å². The summed E-state index contributed by atoms with van der Waals surface area (Å²) in [6, 6.07) is 6.93. The van der Waals surface area contributed by atoms with Crippen LogP contribution in [-0.2, 0) is 0 Å². The molecule has 118 valence electrons. The van der Waals surface area contributed by atoms with Crippen LogP contribution < -0.4 is 5.32 Å². The molecule has 1 saturated heterocycles. The molecular formula is C17H26Cl2N2. The van der Waals surface area contributed by atoms with Crippen molar-refractivity contribution in [3.05, 3.63) is 33.8 Å². The van der Waals surface area contributed by atoms with Crippen molar-refractivity contribution >= 4 is 23.2 Å². The van der Waals surface area contributed by atoms with Gasteiger partial charge in [0.25, 0.3) is 0 Å². The Kier molecular flexibility index (Phi) is 6.81. The second kappa shape index (κ2) is 8.38. The van der Waals surface area contributed by atoms with Crippen LogP contribution in [0, 0.1) is 0 Å². The van der Waals surface area contributed by atoms with Crippen molar-refractivity contribution < 1.29 is 0 Å². The highest BCUT2D eigenvalue weighted by Crippen LogP contribution is 2.32. The van der Waals surface area contributed by atoms with Gasteiger partial charge in [0.1, 0.15) is 0 Å². The van der Waals surface area contributed by atoms with E-state index in [4.69, 9.17) is 23.2 Å². The van der Waals surface area contributed by atoms with E-state index in [-0.39, 0.29) is 6.04 Å². The van der Waals surface area contributed by atoms with Crippen molar-refractivity contribution in [2.45, 2.75) is 51.6 Å². The van der Waals surface area contributed by atoms with Crippen molar-refractivity contribution in [3.63, 3.8) is 0 Å². The molecule has 1 aromatic rings. The first-order valence-corrected chi connectivity index (χ1v) is 8.80. The largest absolute Gasteiger partial charge is 0.310 e. The molecule has 1 aliphatic rings. The lowest BCUT2D eigenvalue weighted by atomic mass is 10.0. The van der Waals surface area contributed by atoms with Gasteiger partial charge in [-0.25, -0.2) is 0 Å². The number of hydrogen-bond donors (Lipinski definition) is 1. The minimum absolute atomic E-state index is 0.281. The number of benzene rings is 1. The van der Waals surface area contributed by atoms with Gasteiger partial charge in [0, 0.05) is 18.6 Å². The Morgan fingerprint density at radius 3 is 2.86 bits per heavy atom. The lowest BCUT2D eigenvalue weighted by Crippen LogP contribution is -2.32. The molecule has 2 rings (SSSR count). The van der Waals surface area contributed by atoms with E-state index in [0.717, 1.165) is 31.5 Å². The molecule has 1 heterocycles. The Labute approximate surface area is 138 Å². The molecule has 2 nitrogen and oxygen atoms in total. The molecule has 1 aliphatic heterocycles. The van der Waals surface area contributed by atoms with Crippen LogP contribution in [0.3, 0.4) is 0 Å². The van der Waals surface area contributed by atoms with Crippen molar-refractivity contribution in [2.24, 2.45) is 0 Å². The van der Waals surface area contributed by atoms with E-state index in [1.54, 1.807) is 0 Å². The molecular weight excluding hydrogens is 303 g/mol. The van der Waals surface area contributed by atoms with Gasteiger partial charge in [0.2, 0.25) is 0 Å². The van der Waals surface area contributed by atoms with Gasteiger partial charge in [-0.1, -0.05) is 42.3 Å². The highest BCUT2D eigenvalue weighted by atomic mass is 35.5. The molecule has 1 aromatic carbocycles. The molecule has 1 N–H and O–H groups in total. The number of hydrogen-bond acceptors (Lipinski definition) is 2. The molecule has 0 bridgehead atoms. The first kappa shape index (κ1) is 17.1. The fourth-order valence-corrected chi connectivity index (χ4v) is 3.54. The van der Waals surface area contributed by atoms with Crippen LogP contribution in [0.5, 0.6) is 0 Å². The van der Waals surface area contributed by atoms with Crippen molar-refractivity contribution in [1.29, 1.82) is 0 Å². The second-order valence-corrected chi connectivity index (χ2v) is 6.75. The Morgan fingerprint density at radius 1 is 1.38 bits per heavy atom. The predicted octanol–water partition coefficient (Wildman–Crippen LogP) is 4.91. The maximum absolute atomic E-state index is 6.41. The minimum atomic E-state index is 0.281. The molecule has 2 unspecified atom stereocenters. The average Bonchev–Trinajstić information content (AvgIpc) is 2.88. The van der Waals surface area contributed by atoms with E-state index < -0.39 is 0 Å². The maximum Gasteiger partial charge on any atom is 0.0640 e. The molecule has 0 amide bonds. The van der Waals surface area contributed by atoms with Crippen LogP contribution in [0.2, 0.25) is 10.0 Å². The van der Waals surface area contributed by atoms with Crippen LogP contribution >= 0.6 is 23.2 Å². The van der Waals surface area contributed by atoms with E-state index in [1.165, 1.54) is 19.4 Å². The van der Waals surface area contributed by atoms with Crippen LogP contribution in [-0.4, -0.2) is 30.6 Å². The number of halogens is 2. The van der Waals surface area contributed by atoms with Gasteiger partial charge < -0.3 is 10.2 Å². The summed E-state index contributed by atoms with van der Waals surface area (Å²) in [5, 5.41) is 4.96. The molecule has 0 spiro atoms. The highest BCUT2D eigenvalue weighted by Gasteiger charge is 2.22. The Hall–Kier alpha value is -0.280. The van der Waals surface area contributed by atoms with Gasteiger partial charge in [-0.05, 0) is 57.3 Å². The monoisotopic (exact) mass is 328 g/mol. The third-order valence-corrected chi connectivity index (χ3v) is 5.23. The third kappa shape index (κ3) is 4.59. The van der Waals surface area contributed by atoms with Crippen molar-refractivity contribution in [1.82, 2.24) is 10.2 Å². The predicted molar refractivity (Wildman–Crippen MR) is 92.4 cm³/mol. The number of nitrogens with one attached hydrogen (secondary N) is 1. The lowest BCUT2D eigenvalue weighted by molar-refractivity contribution is 0.251. The summed E-state index contributed by atoms with van der Waals surface area (Å²) in [5.41, 5.74) is 1.13. The molecule has 0 saturated carbocycles. The fraction of sp³-hybridized carbons (Fsp3) is 0.647. The smallest absolute Gasteiger partial charge is 0.0640 e. The highest BCUT2D eigenvalue weighted by molar-refractivity contribution is 6.42. The normalized spacial score (nSPS) is 20.9. The molecule has 1 fully saturated rings. The van der Waals surface area contributed by atoms with E-state index in [2.05, 4.69) is 30.1 Å². The summed E-state index contributed by atoms with van der Waals surface area (Å²) in [5.74, 6) is 0. The summed E-state index contributed by atoms with van der Waals surface area (Å²) in [6.45, 7) is 7.86. The topological polar surface area (TPSA) is 15.3 Å². The molecule has 0 aliphatic carbocycles. The van der Waals surface area contributed by atoms with Crippen LogP contribution in [0.25, 0.3) is 0 Å². The maximum atomic E-state index is 6.41. The van der Waals surface area contributed by atoms with Crippen molar-refractivity contribution in [3.8, 4) is 0 Å². The molecule has 4 heteroatoms. The molecule has 0 aromatic heterocycles. The lowest BCUT2D eigenvalue weighted by Gasteiger charge is -2.26. The summed E-state index contributed by atoms with van der Waals surface area (Å²) < 4.78 is 0. The van der Waals surface area contributed by atoms with Gasteiger partial charge in [-0.2, -0.15) is 0 Å². The van der Waals surface area contributed by atoms with Crippen LogP contribution in [0.4, 0.5) is 0 Å². The van der Waals surface area contributed by atoms with Crippen molar-refractivity contribution in [2.75, 3.05) is 19.6 Å². The zero-order valence-electron chi connectivity index (χ0n) is 13.0. The fourth-order valence-electron chi connectivity index (χ4n) is 3.10. The van der Waals surface area contributed by atoms with Gasteiger partial charge in [0.15, 0.2) is 0 Å². The first-order valence-electron chi connectivity index (χ1n) is 8.04. The van der Waals surface area contributed by atoms with E-state index >= 15 is 0 Å². The summed E-state index contributed by atoms with van der Waals surface area (Å²) in [7, 11) is 0. The number of nitrogens with zero attached hydrogens (tertiary/aromatic N) is 1. The van der Waals surface area contributed by atoms with Crippen LogP contribution in [0.15, 0.2) is 18.2 Å². The van der Waals surface area contributed by atoms with E-state index in [9.17, 15) is 0 Å². The minimum Gasteiger partial charge on any atom is -0.310 e. The molecule has 0 radical (unpaired) electrons. The zero-order chi connectivity index (χ0) is 15.2. The third-order valence-electron chi connectivity index (χ3n) is 4.39. The summed E-state index contributed by atoms with van der Waals surface area (Å²) in [6.07, 6.45) is 4.84. The summed E-state index contributed by atoms with van der Waals surface area (Å²) >= 11 is 12.6. The molecule has 21 heavy (non-hydrogen) atoms. The quantitative estimate of drug-likeness (QED) is 0.765. The Morgan fingerprint density at radius 2 is 2.19 bits per heavy atom. The van der Waals surface area contributed by atoms with E-state index in [1.807, 2.05) is 12.1 Å². The van der Waals surface area contributed by atoms with Gasteiger partial charge in [-0.3, -0.25) is 0 Å². The van der Waals surface area contributed by atoms with Gasteiger partial charge >= 0.3 is 0 Å². The average molecular weight is 329 g/mol. The number of rotatable bonds is 7. The zero-order valence-corrected chi connectivity index (χ0v) is 14.6. The SMILES string of the molecule is CCCNC(CCN1CCCC1C)c1cccc(Cl)c1Cl. The van der Waals surface area contributed by atoms with Crippen LogP contribution in [0.1, 0.15) is 51.1 Å². The Bertz CT molecular complexity index is 450. The van der Waals surface area contributed by atoms with Gasteiger partial charge in [-0.15, -0.1) is 0 Å². The second-order valence-electron chi connectivity index (χ2n) is 5.97. The molecule has 2 atom stereocenters. The summed E-state index contributed by atoms with van der Waals surface area (Å²) in [4.78, 5) is 2.58. The van der Waals surface area contributed by atoms with E-state index in [0.29, 0.717) is 16.1 Å². The number of likely N-dealkylation sites (tertiary alicyclic amines) is 1. The standard InChI is InChI=1S/C17H26Cl2N2/c1-3-10-20-16(9-12-21-11-5-6-13(21)2)14-7-4-8-15(18)17(14)19/h4,7-8,13,16,20H,3,5-6,9-12H2,1-2H3. The Balaban J connectivity index is 2.04. The first-order chi connectivity index (χ1) is 10.1.